The molecule has 2 atom stereocenters. The SMILES string of the molecule is CC(Oc1cc(-c2ccc(C(=O)NCC[C@@H](C)O)cc2)cnc1N)c1c(Cl)ccc(F)c1Cl. The van der Waals surface area contributed by atoms with Gasteiger partial charge in [-0.25, -0.2) is 9.37 Å². The summed E-state index contributed by atoms with van der Waals surface area (Å²) >= 11 is 12.3. The number of nitrogens with one attached hydrogen (secondary N) is 1. The standard InChI is InChI=1S/C24H24Cl2FN3O3/c1-13(31)9-10-29-24(32)16-5-3-15(4-6-16)17-11-20(23(28)30-12-17)33-14(2)21-18(25)7-8-19(27)22(21)26/h3-8,11-14,31H,9-10H2,1-2H3,(H2,28,30)(H,29,32)/t13-,14?/m1/s1. The molecule has 0 saturated heterocycles. The molecule has 0 aliphatic carbocycles. The first-order valence-electron chi connectivity index (χ1n) is 10.3. The van der Waals surface area contributed by atoms with E-state index in [-0.39, 0.29) is 27.5 Å². The first kappa shape index (κ1) is 24.8. The van der Waals surface area contributed by atoms with Crippen LogP contribution < -0.4 is 15.8 Å². The number of benzene rings is 2. The zero-order chi connectivity index (χ0) is 24.1. The van der Waals surface area contributed by atoms with Gasteiger partial charge in [0.2, 0.25) is 0 Å². The van der Waals surface area contributed by atoms with Crippen molar-refractivity contribution in [1.29, 1.82) is 0 Å². The molecule has 1 aromatic heterocycles. The summed E-state index contributed by atoms with van der Waals surface area (Å²) < 4.78 is 19.8. The second kappa shape index (κ2) is 10.8. The van der Waals surface area contributed by atoms with Crippen LogP contribution in [0, 0.1) is 5.82 Å². The lowest BCUT2D eigenvalue weighted by Gasteiger charge is -2.19. The van der Waals surface area contributed by atoms with Gasteiger partial charge in [0.25, 0.3) is 5.91 Å². The number of carbonyl (C=O) groups excluding carboxylic acids is 1. The minimum Gasteiger partial charge on any atom is -0.482 e. The first-order valence-corrected chi connectivity index (χ1v) is 11.0. The molecule has 1 amide bonds. The Hall–Kier alpha value is -2.87. The number of hydrogen-bond donors (Lipinski definition) is 3. The highest BCUT2D eigenvalue weighted by Crippen LogP contribution is 2.37. The molecule has 6 nitrogen and oxygen atoms in total. The molecule has 0 radical (unpaired) electrons. The molecule has 0 saturated carbocycles. The van der Waals surface area contributed by atoms with Crippen LogP contribution >= 0.6 is 23.2 Å². The van der Waals surface area contributed by atoms with E-state index in [1.807, 2.05) is 0 Å². The van der Waals surface area contributed by atoms with E-state index in [4.69, 9.17) is 33.7 Å². The van der Waals surface area contributed by atoms with Crippen LogP contribution in [0.2, 0.25) is 10.0 Å². The molecule has 0 aliphatic rings. The Balaban J connectivity index is 1.78. The number of aliphatic hydroxyl groups is 1. The molecule has 4 N–H and O–H groups in total. The smallest absolute Gasteiger partial charge is 0.251 e. The van der Waals surface area contributed by atoms with E-state index in [1.54, 1.807) is 50.4 Å². The summed E-state index contributed by atoms with van der Waals surface area (Å²) in [6.07, 6.45) is 0.909. The lowest BCUT2D eigenvalue weighted by atomic mass is 10.0. The van der Waals surface area contributed by atoms with Gasteiger partial charge in [0.15, 0.2) is 11.6 Å². The molecular weight excluding hydrogens is 468 g/mol. The maximum absolute atomic E-state index is 13.9. The van der Waals surface area contributed by atoms with Gasteiger partial charge in [0.1, 0.15) is 11.9 Å². The topological polar surface area (TPSA) is 97.5 Å². The second-order valence-corrected chi connectivity index (χ2v) is 8.38. The van der Waals surface area contributed by atoms with Crippen LogP contribution in [0.4, 0.5) is 10.2 Å². The number of nitrogens with zero attached hydrogens (tertiary/aromatic N) is 1. The van der Waals surface area contributed by atoms with Crippen LogP contribution in [0.15, 0.2) is 48.7 Å². The van der Waals surface area contributed by atoms with Crippen molar-refractivity contribution in [3.05, 3.63) is 75.7 Å². The average molecular weight is 492 g/mol. The fourth-order valence-electron chi connectivity index (χ4n) is 3.18. The Bertz CT molecular complexity index is 1140. The number of nitrogen functional groups attached to an aromatic ring is 1. The zero-order valence-electron chi connectivity index (χ0n) is 18.1. The number of nitrogens with two attached hydrogens (primary N) is 1. The summed E-state index contributed by atoms with van der Waals surface area (Å²) in [6.45, 7) is 3.74. The molecule has 3 rings (SSSR count). The predicted molar refractivity (Wildman–Crippen MR) is 128 cm³/mol. The minimum absolute atomic E-state index is 0.111. The van der Waals surface area contributed by atoms with Gasteiger partial charge in [-0.2, -0.15) is 0 Å². The van der Waals surface area contributed by atoms with Crippen LogP contribution in [-0.2, 0) is 0 Å². The number of amides is 1. The Morgan fingerprint density at radius 2 is 1.88 bits per heavy atom. The summed E-state index contributed by atoms with van der Waals surface area (Å²) in [6, 6.07) is 11.3. The van der Waals surface area contributed by atoms with Crippen molar-refractivity contribution in [3.8, 4) is 16.9 Å². The van der Waals surface area contributed by atoms with Crippen molar-refractivity contribution in [2.45, 2.75) is 32.5 Å². The molecule has 0 fully saturated rings. The van der Waals surface area contributed by atoms with E-state index in [0.717, 1.165) is 5.56 Å². The quantitative estimate of drug-likeness (QED) is 0.365. The van der Waals surface area contributed by atoms with Crippen molar-refractivity contribution in [3.63, 3.8) is 0 Å². The number of pyridine rings is 1. The predicted octanol–water partition coefficient (Wildman–Crippen LogP) is 5.42. The van der Waals surface area contributed by atoms with Crippen LogP contribution in [0.3, 0.4) is 0 Å². The van der Waals surface area contributed by atoms with Crippen molar-refractivity contribution in [2.24, 2.45) is 0 Å². The monoisotopic (exact) mass is 491 g/mol. The minimum atomic E-state index is -0.687. The number of anilines is 1. The maximum atomic E-state index is 13.9. The average Bonchev–Trinajstić information content (AvgIpc) is 2.78. The summed E-state index contributed by atoms with van der Waals surface area (Å²) in [7, 11) is 0. The van der Waals surface area contributed by atoms with E-state index in [1.165, 1.54) is 12.1 Å². The summed E-state index contributed by atoms with van der Waals surface area (Å²) in [5.74, 6) is -0.375. The molecule has 174 valence electrons. The van der Waals surface area contributed by atoms with Gasteiger partial charge in [-0.1, -0.05) is 35.3 Å². The molecule has 0 aliphatic heterocycles. The number of aromatic nitrogens is 1. The van der Waals surface area contributed by atoms with E-state index in [0.29, 0.717) is 29.7 Å². The van der Waals surface area contributed by atoms with Gasteiger partial charge in [-0.3, -0.25) is 4.79 Å². The second-order valence-electron chi connectivity index (χ2n) is 7.60. The van der Waals surface area contributed by atoms with E-state index < -0.39 is 18.0 Å². The molecule has 3 aromatic rings. The van der Waals surface area contributed by atoms with E-state index in [9.17, 15) is 14.3 Å². The van der Waals surface area contributed by atoms with Gasteiger partial charge in [-0.05, 0) is 56.2 Å². The third-order valence-electron chi connectivity index (χ3n) is 5.00. The van der Waals surface area contributed by atoms with Crippen LogP contribution in [0.25, 0.3) is 11.1 Å². The highest BCUT2D eigenvalue weighted by atomic mass is 35.5. The summed E-state index contributed by atoms with van der Waals surface area (Å²) in [5.41, 5.74) is 8.30. The third kappa shape index (κ3) is 6.13. The molecule has 0 spiro atoms. The number of rotatable bonds is 8. The lowest BCUT2D eigenvalue weighted by molar-refractivity contribution is 0.0945. The van der Waals surface area contributed by atoms with Crippen LogP contribution in [0.1, 0.15) is 42.3 Å². The van der Waals surface area contributed by atoms with Gasteiger partial charge in [0, 0.05) is 34.5 Å². The Morgan fingerprint density at radius 3 is 2.55 bits per heavy atom. The molecule has 33 heavy (non-hydrogen) atoms. The largest absolute Gasteiger partial charge is 0.482 e. The number of hydrogen-bond acceptors (Lipinski definition) is 5. The number of halogens is 3. The Labute approximate surface area is 201 Å². The fraction of sp³-hybridized carbons (Fsp3) is 0.250. The normalized spacial score (nSPS) is 12.8. The number of carbonyl (C=O) groups is 1. The number of aliphatic hydroxyl groups excluding tert-OH is 1. The van der Waals surface area contributed by atoms with E-state index >= 15 is 0 Å². The van der Waals surface area contributed by atoms with Crippen LogP contribution in [-0.4, -0.2) is 28.6 Å². The molecule has 0 bridgehead atoms. The molecule has 1 unspecified atom stereocenters. The van der Waals surface area contributed by atoms with Crippen molar-refractivity contribution >= 4 is 34.9 Å². The molecule has 9 heteroatoms. The van der Waals surface area contributed by atoms with Gasteiger partial charge >= 0.3 is 0 Å². The van der Waals surface area contributed by atoms with Gasteiger partial charge < -0.3 is 20.9 Å². The Morgan fingerprint density at radius 1 is 1.18 bits per heavy atom. The highest BCUT2D eigenvalue weighted by molar-refractivity contribution is 6.36. The van der Waals surface area contributed by atoms with Gasteiger partial charge in [0.05, 0.1) is 11.1 Å². The summed E-state index contributed by atoms with van der Waals surface area (Å²) in [4.78, 5) is 16.4. The van der Waals surface area contributed by atoms with E-state index in [2.05, 4.69) is 10.3 Å². The molecular formula is C24H24Cl2FN3O3. The van der Waals surface area contributed by atoms with Crippen LogP contribution in [0.5, 0.6) is 5.75 Å². The van der Waals surface area contributed by atoms with Crippen molar-refractivity contribution in [2.75, 3.05) is 12.3 Å². The number of ether oxygens (including phenoxy) is 1. The first-order chi connectivity index (χ1) is 15.7. The molecule has 2 aromatic carbocycles. The summed E-state index contributed by atoms with van der Waals surface area (Å²) in [5, 5.41) is 12.2. The zero-order valence-corrected chi connectivity index (χ0v) is 19.6. The third-order valence-corrected chi connectivity index (χ3v) is 5.71. The maximum Gasteiger partial charge on any atom is 0.251 e. The Kier molecular flexibility index (Phi) is 8.13. The van der Waals surface area contributed by atoms with Gasteiger partial charge in [-0.15, -0.1) is 0 Å². The van der Waals surface area contributed by atoms with Crippen molar-refractivity contribution in [1.82, 2.24) is 10.3 Å². The lowest BCUT2D eigenvalue weighted by Crippen LogP contribution is -2.26. The highest BCUT2D eigenvalue weighted by Gasteiger charge is 2.20. The molecule has 1 heterocycles. The van der Waals surface area contributed by atoms with Crippen molar-refractivity contribution < 1.29 is 19.0 Å². The fourth-order valence-corrected chi connectivity index (χ4v) is 3.86.